The molecule has 6 nitrogen and oxygen atoms in total. The average Bonchev–Trinajstić information content (AvgIpc) is 3.13. The molecule has 2 amide bonds. The molecule has 0 saturated heterocycles. The molecule has 0 bridgehead atoms. The molecule has 0 unspecified atom stereocenters. The Kier molecular flexibility index (Phi) is 7.11. The number of carbonyl (C=O) groups excluding carboxylic acids is 3. The summed E-state index contributed by atoms with van der Waals surface area (Å²) in [5.41, 5.74) is 1.92. The molecule has 1 aromatic carbocycles. The quantitative estimate of drug-likeness (QED) is 0.672. The van der Waals surface area contributed by atoms with E-state index in [1.165, 1.54) is 28.0 Å². The zero-order valence-corrected chi connectivity index (χ0v) is 17.9. The first kappa shape index (κ1) is 21.1. The van der Waals surface area contributed by atoms with E-state index >= 15 is 0 Å². The summed E-state index contributed by atoms with van der Waals surface area (Å²) in [4.78, 5) is 39.9. The maximum atomic E-state index is 12.7. The Morgan fingerprint density at radius 2 is 1.97 bits per heavy atom. The number of ether oxygens (including phenoxy) is 1. The number of amides is 2. The number of hydrogen-bond donors (Lipinski definition) is 1. The maximum Gasteiger partial charge on any atom is 0.341 e. The van der Waals surface area contributed by atoms with Gasteiger partial charge in [0.1, 0.15) is 11.5 Å². The minimum Gasteiger partial charge on any atom is -0.462 e. The molecular formula is C21H22N2O4S2. The van der Waals surface area contributed by atoms with Crippen molar-refractivity contribution in [2.24, 2.45) is 0 Å². The number of thiophene rings is 1. The van der Waals surface area contributed by atoms with E-state index < -0.39 is 5.97 Å². The molecule has 2 aromatic rings. The fraction of sp³-hybridized carbons (Fsp3) is 0.286. The van der Waals surface area contributed by atoms with Gasteiger partial charge in [-0.2, -0.15) is 0 Å². The van der Waals surface area contributed by atoms with Crippen molar-refractivity contribution in [1.82, 2.24) is 4.90 Å². The number of benzene rings is 1. The smallest absolute Gasteiger partial charge is 0.341 e. The third-order valence-corrected chi connectivity index (χ3v) is 6.24. The van der Waals surface area contributed by atoms with Gasteiger partial charge in [0, 0.05) is 4.88 Å². The summed E-state index contributed by atoms with van der Waals surface area (Å²) in [6.45, 7) is 3.85. The van der Waals surface area contributed by atoms with Crippen molar-refractivity contribution in [1.29, 1.82) is 0 Å². The minimum atomic E-state index is -0.464. The van der Waals surface area contributed by atoms with Crippen LogP contribution >= 0.6 is 23.1 Å². The van der Waals surface area contributed by atoms with E-state index in [2.05, 4.69) is 5.32 Å². The molecule has 0 spiro atoms. The number of carbonyl (C=O) groups is 3. The van der Waals surface area contributed by atoms with E-state index in [-0.39, 0.29) is 30.7 Å². The normalized spacial score (nSPS) is 13.8. The summed E-state index contributed by atoms with van der Waals surface area (Å²) < 4.78 is 5.09. The van der Waals surface area contributed by atoms with E-state index in [4.69, 9.17) is 4.74 Å². The van der Waals surface area contributed by atoms with Gasteiger partial charge in [0.15, 0.2) is 0 Å². The third-order valence-electron chi connectivity index (χ3n) is 4.24. The summed E-state index contributed by atoms with van der Waals surface area (Å²) in [6.07, 6.45) is 0.746. The summed E-state index contributed by atoms with van der Waals surface area (Å²) in [5, 5.41) is 5.15. The van der Waals surface area contributed by atoms with Gasteiger partial charge in [-0.1, -0.05) is 37.3 Å². The maximum absolute atomic E-state index is 12.7. The first-order chi connectivity index (χ1) is 14.0. The molecule has 1 aromatic heterocycles. The van der Waals surface area contributed by atoms with E-state index in [1.807, 2.05) is 42.7 Å². The van der Waals surface area contributed by atoms with Gasteiger partial charge in [-0.3, -0.25) is 9.59 Å². The van der Waals surface area contributed by atoms with Crippen molar-refractivity contribution in [3.8, 4) is 0 Å². The highest BCUT2D eigenvalue weighted by Gasteiger charge is 2.26. The number of anilines is 1. The van der Waals surface area contributed by atoms with Crippen molar-refractivity contribution < 1.29 is 19.1 Å². The molecule has 2 heterocycles. The van der Waals surface area contributed by atoms with Gasteiger partial charge in [0.2, 0.25) is 11.8 Å². The van der Waals surface area contributed by atoms with Crippen LogP contribution in [0.5, 0.6) is 0 Å². The van der Waals surface area contributed by atoms with Crippen molar-refractivity contribution in [2.45, 2.75) is 20.3 Å². The SMILES string of the molecule is CCOC(=O)c1cc(CC)sc1NC(=O)CN1C(=O)CSC=C1c1ccccc1. The molecule has 3 rings (SSSR count). The highest BCUT2D eigenvalue weighted by molar-refractivity contribution is 8.03. The van der Waals surface area contributed by atoms with E-state index in [1.54, 1.807) is 13.0 Å². The molecule has 0 atom stereocenters. The second-order valence-electron chi connectivity index (χ2n) is 6.24. The number of nitrogens with one attached hydrogen (secondary N) is 1. The van der Waals surface area contributed by atoms with Crippen LogP contribution in [0.1, 0.15) is 34.6 Å². The molecule has 1 aliphatic rings. The van der Waals surface area contributed by atoms with Gasteiger partial charge in [0.25, 0.3) is 0 Å². The van der Waals surface area contributed by atoms with Crippen molar-refractivity contribution >= 4 is 51.6 Å². The molecule has 0 saturated carbocycles. The standard InChI is InChI=1S/C21H22N2O4S2/c1-3-15-10-16(21(26)27-4-2)20(29-15)22-18(24)11-23-17(12-28-13-19(23)25)14-8-6-5-7-9-14/h5-10,12H,3-4,11,13H2,1-2H3,(H,22,24). The third kappa shape index (κ3) is 5.07. The highest BCUT2D eigenvalue weighted by atomic mass is 32.2. The van der Waals surface area contributed by atoms with Crippen LogP contribution in [-0.2, 0) is 20.7 Å². The summed E-state index contributed by atoms with van der Waals surface area (Å²) in [7, 11) is 0. The number of thioether (sulfide) groups is 1. The number of rotatable bonds is 7. The number of esters is 1. The number of hydrogen-bond acceptors (Lipinski definition) is 6. The monoisotopic (exact) mass is 430 g/mol. The van der Waals surface area contributed by atoms with Crippen LogP contribution in [-0.4, -0.2) is 41.6 Å². The first-order valence-electron chi connectivity index (χ1n) is 9.30. The minimum absolute atomic E-state index is 0.123. The van der Waals surface area contributed by atoms with Gasteiger partial charge in [0.05, 0.1) is 23.6 Å². The molecule has 152 valence electrons. The molecule has 0 fully saturated rings. The second-order valence-corrected chi connectivity index (χ2v) is 8.23. The van der Waals surface area contributed by atoms with E-state index in [0.717, 1.165) is 16.9 Å². The second kappa shape index (κ2) is 9.76. The Balaban J connectivity index is 1.78. The summed E-state index contributed by atoms with van der Waals surface area (Å²) >= 11 is 2.76. The van der Waals surface area contributed by atoms with Crippen LogP contribution in [0, 0.1) is 0 Å². The zero-order chi connectivity index (χ0) is 20.8. The fourth-order valence-electron chi connectivity index (χ4n) is 2.85. The Hall–Kier alpha value is -2.58. The molecule has 1 N–H and O–H groups in total. The van der Waals surface area contributed by atoms with Gasteiger partial charge in [-0.05, 0) is 30.4 Å². The zero-order valence-electron chi connectivity index (χ0n) is 16.3. The summed E-state index contributed by atoms with van der Waals surface area (Å²) in [5.74, 6) is -0.662. The van der Waals surface area contributed by atoms with Crippen LogP contribution in [0.2, 0.25) is 0 Å². The van der Waals surface area contributed by atoms with Gasteiger partial charge >= 0.3 is 5.97 Å². The number of nitrogens with zero attached hydrogens (tertiary/aromatic N) is 1. The first-order valence-corrected chi connectivity index (χ1v) is 11.2. The van der Waals surface area contributed by atoms with Crippen molar-refractivity contribution in [3.05, 3.63) is 57.8 Å². The van der Waals surface area contributed by atoms with Crippen molar-refractivity contribution in [3.63, 3.8) is 0 Å². The van der Waals surface area contributed by atoms with Gasteiger partial charge in [-0.15, -0.1) is 23.1 Å². The predicted molar refractivity (Wildman–Crippen MR) is 117 cm³/mol. The Morgan fingerprint density at radius 3 is 2.66 bits per heavy atom. The lowest BCUT2D eigenvalue weighted by Gasteiger charge is -2.28. The fourth-order valence-corrected chi connectivity index (χ4v) is 4.66. The Labute approximate surface area is 177 Å². The Bertz CT molecular complexity index is 937. The molecular weight excluding hydrogens is 408 g/mol. The molecule has 0 aliphatic carbocycles. The van der Waals surface area contributed by atoms with Crippen LogP contribution in [0.25, 0.3) is 5.70 Å². The molecule has 0 radical (unpaired) electrons. The van der Waals surface area contributed by atoms with Crippen LogP contribution < -0.4 is 5.32 Å². The lowest BCUT2D eigenvalue weighted by atomic mass is 10.1. The lowest BCUT2D eigenvalue weighted by molar-refractivity contribution is -0.129. The largest absolute Gasteiger partial charge is 0.462 e. The molecule has 8 heteroatoms. The summed E-state index contributed by atoms with van der Waals surface area (Å²) in [6, 6.07) is 11.2. The van der Waals surface area contributed by atoms with Crippen LogP contribution in [0.4, 0.5) is 5.00 Å². The van der Waals surface area contributed by atoms with Gasteiger partial charge in [-0.25, -0.2) is 4.79 Å². The predicted octanol–water partition coefficient (Wildman–Crippen LogP) is 4.00. The topological polar surface area (TPSA) is 75.7 Å². The highest BCUT2D eigenvalue weighted by Crippen LogP contribution is 2.31. The Morgan fingerprint density at radius 1 is 1.21 bits per heavy atom. The van der Waals surface area contributed by atoms with E-state index in [9.17, 15) is 14.4 Å². The van der Waals surface area contributed by atoms with E-state index in [0.29, 0.717) is 16.3 Å². The number of aryl methyl sites for hydroxylation is 1. The van der Waals surface area contributed by atoms with Crippen molar-refractivity contribution in [2.75, 3.05) is 24.2 Å². The van der Waals surface area contributed by atoms with Crippen LogP contribution in [0.3, 0.4) is 0 Å². The lowest BCUT2D eigenvalue weighted by Crippen LogP contribution is -2.39. The van der Waals surface area contributed by atoms with Crippen LogP contribution in [0.15, 0.2) is 41.8 Å². The molecule has 29 heavy (non-hydrogen) atoms. The average molecular weight is 431 g/mol. The molecule has 1 aliphatic heterocycles. The van der Waals surface area contributed by atoms with Gasteiger partial charge < -0.3 is 15.0 Å².